The lowest BCUT2D eigenvalue weighted by molar-refractivity contribution is 0.587. The predicted molar refractivity (Wildman–Crippen MR) is 113 cm³/mol. The van der Waals surface area contributed by atoms with Crippen LogP contribution in [0.4, 0.5) is 5.69 Å². The number of aryl methyl sites for hydroxylation is 1. The van der Waals surface area contributed by atoms with E-state index in [4.69, 9.17) is 0 Å². The maximum Gasteiger partial charge on any atom is 0.219 e. The summed E-state index contributed by atoms with van der Waals surface area (Å²) in [5, 5.41) is 13.0. The predicted octanol–water partition coefficient (Wildman–Crippen LogP) is 5.23. The van der Waals surface area contributed by atoms with Gasteiger partial charge in [-0.05, 0) is 54.0 Å². The first-order chi connectivity index (χ1) is 12.6. The Morgan fingerprint density at radius 1 is 1.11 bits per heavy atom. The summed E-state index contributed by atoms with van der Waals surface area (Å²) in [5.74, 6) is 0. The Labute approximate surface area is 166 Å². The summed E-state index contributed by atoms with van der Waals surface area (Å²) in [6, 6.07) is 16.2. The SMILES string of the molecule is CS/C(Nc1cccc(C)c1)=C(/C#N)S(=O)(=O)c1ccc(C(C)(C)C)cc1. The topological polar surface area (TPSA) is 70.0 Å². The zero-order chi connectivity index (χ0) is 20.2. The molecule has 2 aromatic rings. The number of thioether (sulfide) groups is 1. The molecule has 2 aromatic carbocycles. The molecule has 0 aliphatic rings. The van der Waals surface area contributed by atoms with Gasteiger partial charge in [-0.1, -0.05) is 45.0 Å². The van der Waals surface area contributed by atoms with Gasteiger partial charge < -0.3 is 5.32 Å². The summed E-state index contributed by atoms with van der Waals surface area (Å²) in [6.45, 7) is 8.14. The number of nitrogens with one attached hydrogen (secondary N) is 1. The minimum Gasteiger partial charge on any atom is -0.349 e. The van der Waals surface area contributed by atoms with Crippen molar-refractivity contribution in [3.8, 4) is 6.07 Å². The molecule has 0 heterocycles. The van der Waals surface area contributed by atoms with Crippen LogP contribution in [0.5, 0.6) is 0 Å². The van der Waals surface area contributed by atoms with Crippen LogP contribution in [0.1, 0.15) is 31.9 Å². The van der Waals surface area contributed by atoms with E-state index in [1.165, 1.54) is 11.8 Å². The summed E-state index contributed by atoms with van der Waals surface area (Å²) in [4.78, 5) is -0.162. The Morgan fingerprint density at radius 2 is 1.74 bits per heavy atom. The van der Waals surface area contributed by atoms with Gasteiger partial charge in [-0.2, -0.15) is 5.26 Å². The quantitative estimate of drug-likeness (QED) is 0.696. The molecule has 0 saturated heterocycles. The summed E-state index contributed by atoms with van der Waals surface area (Å²) >= 11 is 1.20. The average molecular weight is 401 g/mol. The van der Waals surface area contributed by atoms with E-state index in [1.807, 2.05) is 37.3 Å². The molecule has 27 heavy (non-hydrogen) atoms. The Bertz CT molecular complexity index is 994. The van der Waals surface area contributed by atoms with Crippen molar-refractivity contribution in [2.75, 3.05) is 11.6 Å². The second kappa shape index (κ2) is 8.20. The van der Waals surface area contributed by atoms with E-state index in [0.29, 0.717) is 5.03 Å². The maximum atomic E-state index is 13.0. The van der Waals surface area contributed by atoms with Crippen LogP contribution in [0.25, 0.3) is 0 Å². The van der Waals surface area contributed by atoms with E-state index in [-0.39, 0.29) is 15.2 Å². The number of benzene rings is 2. The van der Waals surface area contributed by atoms with E-state index in [9.17, 15) is 13.7 Å². The number of nitriles is 1. The van der Waals surface area contributed by atoms with E-state index in [0.717, 1.165) is 16.8 Å². The highest BCUT2D eigenvalue weighted by molar-refractivity contribution is 8.04. The molecule has 0 saturated carbocycles. The molecule has 0 spiro atoms. The number of anilines is 1. The first kappa shape index (κ1) is 21.1. The van der Waals surface area contributed by atoms with Crippen molar-refractivity contribution < 1.29 is 8.42 Å². The van der Waals surface area contributed by atoms with Crippen LogP contribution in [0, 0.1) is 18.3 Å². The highest BCUT2D eigenvalue weighted by Crippen LogP contribution is 2.30. The number of rotatable bonds is 5. The Balaban J connectivity index is 2.48. The Hall–Kier alpha value is -2.23. The molecule has 0 bridgehead atoms. The molecule has 1 N–H and O–H groups in total. The van der Waals surface area contributed by atoms with Gasteiger partial charge in [0, 0.05) is 5.69 Å². The van der Waals surface area contributed by atoms with Crippen LogP contribution in [-0.4, -0.2) is 14.7 Å². The first-order valence-electron chi connectivity index (χ1n) is 8.47. The van der Waals surface area contributed by atoms with E-state index in [2.05, 4.69) is 26.1 Å². The second-order valence-corrected chi connectivity index (χ2v) is 9.95. The van der Waals surface area contributed by atoms with Gasteiger partial charge in [-0.25, -0.2) is 8.42 Å². The number of allylic oxidation sites excluding steroid dienone is 1. The van der Waals surface area contributed by atoms with Crippen LogP contribution in [0.2, 0.25) is 0 Å². The summed E-state index contributed by atoms with van der Waals surface area (Å²) in [7, 11) is -3.92. The number of hydrogen-bond acceptors (Lipinski definition) is 5. The van der Waals surface area contributed by atoms with Gasteiger partial charge in [0.05, 0.1) is 4.90 Å². The molecule has 0 atom stereocenters. The standard InChI is InChI=1S/C21H24N2O2S2/c1-15-7-6-8-17(13-15)23-20(26-5)19(14-22)27(24,25)18-11-9-16(10-12-18)21(2,3)4/h6-13,23H,1-5H3/b20-19-. The Morgan fingerprint density at radius 3 is 2.22 bits per heavy atom. The molecule has 6 heteroatoms. The van der Waals surface area contributed by atoms with E-state index < -0.39 is 9.84 Å². The molecule has 0 aromatic heterocycles. The molecule has 0 fully saturated rings. The molecule has 0 aliphatic carbocycles. The van der Waals surface area contributed by atoms with Crippen LogP contribution >= 0.6 is 11.8 Å². The molecule has 2 rings (SSSR count). The van der Waals surface area contributed by atoms with Crippen molar-refractivity contribution in [3.63, 3.8) is 0 Å². The van der Waals surface area contributed by atoms with Crippen molar-refractivity contribution in [1.29, 1.82) is 5.26 Å². The fraction of sp³-hybridized carbons (Fsp3) is 0.286. The molecule has 0 radical (unpaired) electrons. The Kier molecular flexibility index (Phi) is 6.40. The molecule has 4 nitrogen and oxygen atoms in total. The van der Waals surface area contributed by atoms with Crippen LogP contribution in [0.15, 0.2) is 63.4 Å². The zero-order valence-electron chi connectivity index (χ0n) is 16.2. The van der Waals surface area contributed by atoms with Crippen LogP contribution < -0.4 is 5.32 Å². The average Bonchev–Trinajstić information content (AvgIpc) is 2.60. The highest BCUT2D eigenvalue weighted by atomic mass is 32.2. The molecular formula is C21H24N2O2S2. The zero-order valence-corrected chi connectivity index (χ0v) is 17.8. The smallest absolute Gasteiger partial charge is 0.219 e. The lowest BCUT2D eigenvalue weighted by Crippen LogP contribution is -2.13. The molecular weight excluding hydrogens is 376 g/mol. The van der Waals surface area contributed by atoms with Crippen molar-refractivity contribution in [2.24, 2.45) is 0 Å². The fourth-order valence-electron chi connectivity index (χ4n) is 2.54. The normalized spacial score (nSPS) is 12.9. The molecule has 0 amide bonds. The minimum atomic E-state index is -3.92. The van der Waals surface area contributed by atoms with Crippen LogP contribution in [-0.2, 0) is 15.3 Å². The molecule has 0 aliphatic heterocycles. The van der Waals surface area contributed by atoms with Crippen molar-refractivity contribution >= 4 is 27.3 Å². The van der Waals surface area contributed by atoms with Gasteiger partial charge in [0.1, 0.15) is 11.1 Å². The third-order valence-electron chi connectivity index (χ3n) is 4.09. The summed E-state index contributed by atoms with van der Waals surface area (Å²) < 4.78 is 26.1. The molecule has 142 valence electrons. The molecule has 0 unspecified atom stereocenters. The van der Waals surface area contributed by atoms with Crippen molar-refractivity contribution in [1.82, 2.24) is 0 Å². The monoisotopic (exact) mass is 400 g/mol. The fourth-order valence-corrected chi connectivity index (χ4v) is 4.71. The van der Waals surface area contributed by atoms with Crippen molar-refractivity contribution in [2.45, 2.75) is 38.0 Å². The maximum absolute atomic E-state index is 13.0. The summed E-state index contributed by atoms with van der Waals surface area (Å²) in [6.07, 6.45) is 1.74. The van der Waals surface area contributed by atoms with Crippen molar-refractivity contribution in [3.05, 3.63) is 69.6 Å². The lowest BCUT2D eigenvalue weighted by atomic mass is 9.87. The number of sulfone groups is 1. The number of hydrogen-bond donors (Lipinski definition) is 1. The number of nitrogens with zero attached hydrogens (tertiary/aromatic N) is 1. The largest absolute Gasteiger partial charge is 0.349 e. The third-order valence-corrected chi connectivity index (χ3v) is 6.66. The van der Waals surface area contributed by atoms with Gasteiger partial charge in [0.15, 0.2) is 4.91 Å². The van der Waals surface area contributed by atoms with E-state index >= 15 is 0 Å². The first-order valence-corrected chi connectivity index (χ1v) is 11.2. The third kappa shape index (κ3) is 4.94. The van der Waals surface area contributed by atoms with Gasteiger partial charge in [-0.3, -0.25) is 0 Å². The minimum absolute atomic E-state index is 0.0760. The van der Waals surface area contributed by atoms with Gasteiger partial charge in [-0.15, -0.1) is 11.8 Å². The van der Waals surface area contributed by atoms with E-state index in [1.54, 1.807) is 30.5 Å². The lowest BCUT2D eigenvalue weighted by Gasteiger charge is -2.19. The summed E-state index contributed by atoms with van der Waals surface area (Å²) in [5.41, 5.74) is 2.74. The van der Waals surface area contributed by atoms with Crippen LogP contribution in [0.3, 0.4) is 0 Å². The van der Waals surface area contributed by atoms with Gasteiger partial charge >= 0.3 is 0 Å². The van der Waals surface area contributed by atoms with Gasteiger partial charge in [0.2, 0.25) is 9.84 Å². The second-order valence-electron chi connectivity index (χ2n) is 7.25. The highest BCUT2D eigenvalue weighted by Gasteiger charge is 2.26. The van der Waals surface area contributed by atoms with Gasteiger partial charge in [0.25, 0.3) is 0 Å².